The van der Waals surface area contributed by atoms with Gasteiger partial charge in [0.2, 0.25) is 0 Å². The molecule has 0 aliphatic carbocycles. The SMILES string of the molecule is Brc1csc(-c2sc3ccccc3[s+]2)c1-c1c(-c2ccccc2)csc1-c1sc2ccccc2[s+]1. The molecule has 35 heavy (non-hydrogen) atoms. The quantitative estimate of drug-likeness (QED) is 0.171. The van der Waals surface area contributed by atoms with Crippen LogP contribution < -0.4 is 0 Å². The van der Waals surface area contributed by atoms with Crippen LogP contribution in [0.3, 0.4) is 0 Å². The van der Waals surface area contributed by atoms with Crippen LogP contribution in [0, 0.1) is 0 Å². The van der Waals surface area contributed by atoms with Gasteiger partial charge in [0, 0.05) is 31.9 Å². The lowest BCUT2D eigenvalue weighted by molar-refractivity contribution is 1.66. The van der Waals surface area contributed by atoms with Crippen molar-refractivity contribution < 1.29 is 0 Å². The van der Waals surface area contributed by atoms with Gasteiger partial charge in [0.05, 0.1) is 45.3 Å². The number of thiophene rings is 2. The lowest BCUT2D eigenvalue weighted by Crippen LogP contribution is -1.83. The predicted octanol–water partition coefficient (Wildman–Crippen LogP) is 12.4. The molecule has 0 saturated carbocycles. The average Bonchev–Trinajstić information content (AvgIpc) is 3.67. The van der Waals surface area contributed by atoms with Crippen LogP contribution >= 0.6 is 84.0 Å². The van der Waals surface area contributed by atoms with Crippen molar-refractivity contribution in [2.75, 3.05) is 0 Å². The Bertz CT molecular complexity index is 1750. The maximum atomic E-state index is 3.96. The molecular formula is C28H15BrS6+2. The molecule has 0 nitrogen and oxygen atoms in total. The average molecular weight is 624 g/mol. The molecule has 0 unspecified atom stereocenters. The van der Waals surface area contributed by atoms with Crippen molar-refractivity contribution in [3.05, 3.63) is 94.1 Å². The van der Waals surface area contributed by atoms with E-state index in [1.54, 1.807) is 0 Å². The summed E-state index contributed by atoms with van der Waals surface area (Å²) in [7, 11) is 0. The van der Waals surface area contributed by atoms with Crippen molar-refractivity contribution in [3.63, 3.8) is 0 Å². The second-order valence-corrected chi connectivity index (χ2v) is 15.2. The molecule has 4 heterocycles. The topological polar surface area (TPSA) is 0 Å². The number of hydrogen-bond acceptors (Lipinski definition) is 4. The monoisotopic (exact) mass is 622 g/mol. The molecule has 0 N–H and O–H groups in total. The van der Waals surface area contributed by atoms with Gasteiger partial charge in [-0.1, -0.05) is 54.6 Å². The van der Waals surface area contributed by atoms with Gasteiger partial charge in [-0.2, -0.15) is 0 Å². The zero-order chi connectivity index (χ0) is 23.4. The summed E-state index contributed by atoms with van der Waals surface area (Å²) in [6.07, 6.45) is 0. The van der Waals surface area contributed by atoms with Crippen LogP contribution in [0.5, 0.6) is 0 Å². The van der Waals surface area contributed by atoms with Gasteiger partial charge in [-0.05, 0) is 45.8 Å². The summed E-state index contributed by atoms with van der Waals surface area (Å²) < 4.78 is 9.32. The first kappa shape index (κ1) is 22.4. The van der Waals surface area contributed by atoms with Crippen molar-refractivity contribution >= 4 is 103 Å². The fourth-order valence-electron chi connectivity index (χ4n) is 4.17. The van der Waals surface area contributed by atoms with E-state index in [0.29, 0.717) is 0 Å². The Kier molecular flexibility index (Phi) is 5.90. The fraction of sp³-hybridized carbons (Fsp3) is 0. The third-order valence-corrected chi connectivity index (χ3v) is 14.3. The molecule has 0 saturated heterocycles. The molecule has 0 atom stereocenters. The molecule has 0 bridgehead atoms. The molecule has 0 spiro atoms. The molecule has 7 aromatic rings. The van der Waals surface area contributed by atoms with Crippen LogP contribution in [0.1, 0.15) is 0 Å². The van der Waals surface area contributed by atoms with Crippen LogP contribution in [0.4, 0.5) is 0 Å². The minimum atomic E-state index is 1.17. The van der Waals surface area contributed by atoms with Crippen molar-refractivity contribution in [1.29, 1.82) is 0 Å². The minimum absolute atomic E-state index is 1.17. The Labute approximate surface area is 235 Å². The van der Waals surface area contributed by atoms with Crippen molar-refractivity contribution in [1.82, 2.24) is 0 Å². The summed E-state index contributed by atoms with van der Waals surface area (Å²) in [5, 5.41) is 4.60. The normalized spacial score (nSPS) is 11.6. The lowest BCUT2D eigenvalue weighted by atomic mass is 9.97. The van der Waals surface area contributed by atoms with Crippen molar-refractivity contribution in [2.24, 2.45) is 0 Å². The highest BCUT2D eigenvalue weighted by Gasteiger charge is 2.31. The van der Waals surface area contributed by atoms with Crippen LogP contribution in [-0.4, -0.2) is 0 Å². The van der Waals surface area contributed by atoms with Gasteiger partial charge in [-0.15, -0.1) is 22.7 Å². The van der Waals surface area contributed by atoms with Crippen LogP contribution in [0.25, 0.3) is 59.2 Å². The second kappa shape index (κ2) is 9.23. The number of halogens is 1. The molecular weight excluding hydrogens is 609 g/mol. The summed E-state index contributed by atoms with van der Waals surface area (Å²) in [6, 6.07) is 28.3. The molecule has 7 heteroatoms. The van der Waals surface area contributed by atoms with Crippen LogP contribution in [0.15, 0.2) is 94.1 Å². The second-order valence-electron chi connectivity index (χ2n) is 7.88. The van der Waals surface area contributed by atoms with E-state index in [1.165, 1.54) is 63.7 Å². The Balaban J connectivity index is 1.51. The van der Waals surface area contributed by atoms with Crippen LogP contribution in [0.2, 0.25) is 0 Å². The number of hydrogen-bond donors (Lipinski definition) is 0. The molecule has 7 rings (SSSR count). The van der Waals surface area contributed by atoms with Gasteiger partial charge >= 0.3 is 0 Å². The molecule has 0 amide bonds. The molecule has 0 fully saturated rings. The Morgan fingerprint density at radius 3 is 1.74 bits per heavy atom. The van der Waals surface area contributed by atoms with Gasteiger partial charge in [-0.25, -0.2) is 0 Å². The Morgan fingerprint density at radius 2 is 1.11 bits per heavy atom. The smallest absolute Gasteiger partial charge is 0.137 e. The third kappa shape index (κ3) is 3.94. The molecule has 168 valence electrons. The highest BCUT2D eigenvalue weighted by molar-refractivity contribution is 9.10. The van der Waals surface area contributed by atoms with Gasteiger partial charge in [0.25, 0.3) is 8.38 Å². The third-order valence-electron chi connectivity index (χ3n) is 5.75. The van der Waals surface area contributed by atoms with E-state index in [0.717, 1.165) is 0 Å². The fourth-order valence-corrected chi connectivity index (χ4v) is 12.5. The summed E-state index contributed by atoms with van der Waals surface area (Å²) >= 11 is 15.3. The molecule has 0 aliphatic heterocycles. The predicted molar refractivity (Wildman–Crippen MR) is 167 cm³/mol. The summed E-state index contributed by atoms with van der Waals surface area (Å²) in [6.45, 7) is 0. The zero-order valence-corrected chi connectivity index (χ0v) is 24.5. The van der Waals surface area contributed by atoms with Gasteiger partial charge in [-0.3, -0.25) is 0 Å². The van der Waals surface area contributed by atoms with E-state index in [9.17, 15) is 0 Å². The highest BCUT2D eigenvalue weighted by Crippen LogP contribution is 2.56. The summed E-state index contributed by atoms with van der Waals surface area (Å²) in [5.41, 5.74) is 5.23. The molecule has 3 aromatic carbocycles. The van der Waals surface area contributed by atoms with Crippen molar-refractivity contribution in [2.45, 2.75) is 0 Å². The maximum absolute atomic E-state index is 3.96. The Hall–Kier alpha value is -1.84. The number of fused-ring (bicyclic) bond motifs is 2. The van der Waals surface area contributed by atoms with E-state index in [1.807, 2.05) is 68.0 Å². The number of benzene rings is 3. The molecule has 4 aromatic heterocycles. The van der Waals surface area contributed by atoms with Crippen molar-refractivity contribution in [3.8, 4) is 40.4 Å². The van der Waals surface area contributed by atoms with E-state index in [4.69, 9.17) is 0 Å². The molecule has 0 radical (unpaired) electrons. The summed E-state index contributed by atoms with van der Waals surface area (Å²) in [4.78, 5) is 2.72. The first-order valence-electron chi connectivity index (χ1n) is 10.8. The highest BCUT2D eigenvalue weighted by atomic mass is 79.9. The van der Waals surface area contributed by atoms with Gasteiger partial charge in [0.1, 0.15) is 9.75 Å². The first-order chi connectivity index (χ1) is 17.3. The first-order valence-corrected chi connectivity index (χ1v) is 16.7. The van der Waals surface area contributed by atoms with E-state index < -0.39 is 0 Å². The van der Waals surface area contributed by atoms with E-state index >= 15 is 0 Å². The van der Waals surface area contributed by atoms with E-state index in [2.05, 4.69) is 106 Å². The largest absolute Gasteiger partial charge is 0.296 e. The van der Waals surface area contributed by atoms with Gasteiger partial charge < -0.3 is 0 Å². The summed E-state index contributed by atoms with van der Waals surface area (Å²) in [5.74, 6) is 0. The maximum Gasteiger partial charge on any atom is 0.296 e. The van der Waals surface area contributed by atoms with Crippen LogP contribution in [-0.2, 0) is 0 Å². The minimum Gasteiger partial charge on any atom is -0.137 e. The molecule has 0 aliphatic rings. The Morgan fingerprint density at radius 1 is 0.571 bits per heavy atom. The van der Waals surface area contributed by atoms with Gasteiger partial charge in [0.15, 0.2) is 18.8 Å². The number of rotatable bonds is 4. The zero-order valence-electron chi connectivity index (χ0n) is 18.0. The standard InChI is InChI=1S/C28H15BrS6/c29-18-15-31-26(28-34-21-12-6-7-13-22(21)35-28)24(18)23-17(16-8-2-1-3-9-16)14-30-25(23)27-32-19-10-4-5-11-20(19)33-27/h1-15H/q+2. The lowest BCUT2D eigenvalue weighted by Gasteiger charge is -2.07. The van der Waals surface area contributed by atoms with E-state index in [-0.39, 0.29) is 0 Å².